The molecule has 0 spiro atoms. The molecule has 6 nitrogen and oxygen atoms in total. The average Bonchev–Trinajstić information content (AvgIpc) is 2.64. The Hall–Kier alpha value is -2.70. The van der Waals surface area contributed by atoms with Gasteiger partial charge in [0.1, 0.15) is 17.6 Å². The maximum atomic E-state index is 13.0. The Bertz CT molecular complexity index is 886. The van der Waals surface area contributed by atoms with Gasteiger partial charge in [-0.2, -0.15) is 0 Å². The van der Waals surface area contributed by atoms with E-state index in [1.54, 1.807) is 12.1 Å². The van der Waals surface area contributed by atoms with E-state index >= 15 is 0 Å². The van der Waals surface area contributed by atoms with Gasteiger partial charge < -0.3 is 20.1 Å². The zero-order valence-corrected chi connectivity index (χ0v) is 14.5. The van der Waals surface area contributed by atoms with Gasteiger partial charge in [0.25, 0.3) is 0 Å². The molecule has 2 aromatic carbocycles. The van der Waals surface area contributed by atoms with Crippen molar-refractivity contribution in [3.8, 4) is 11.5 Å². The number of methoxy groups -OCH3 is 1. The maximum absolute atomic E-state index is 13.0. The first-order valence-electron chi connectivity index (χ1n) is 8.40. The number of carbonyl (C=O) groups is 2. The normalized spacial score (nSPS) is 15.2. The number of hydrogen-bond acceptors (Lipinski definition) is 6. The summed E-state index contributed by atoms with van der Waals surface area (Å²) >= 11 is 0. The van der Waals surface area contributed by atoms with E-state index in [4.69, 9.17) is 4.74 Å². The van der Waals surface area contributed by atoms with E-state index in [-0.39, 0.29) is 33.6 Å². The lowest BCUT2D eigenvalue weighted by Gasteiger charge is -2.24. The third-order valence-corrected chi connectivity index (χ3v) is 4.67. The summed E-state index contributed by atoms with van der Waals surface area (Å²) in [5, 5.41) is 31.0. The molecule has 3 N–H and O–H groups in total. The van der Waals surface area contributed by atoms with Crippen LogP contribution in [0.5, 0.6) is 11.5 Å². The highest BCUT2D eigenvalue weighted by Crippen LogP contribution is 2.40. The summed E-state index contributed by atoms with van der Waals surface area (Å²) in [4.78, 5) is 25.7. The van der Waals surface area contributed by atoms with Gasteiger partial charge in [0.15, 0.2) is 5.78 Å². The Morgan fingerprint density at radius 2 is 1.69 bits per heavy atom. The molecule has 0 aromatic heterocycles. The van der Waals surface area contributed by atoms with Crippen LogP contribution in [0.25, 0.3) is 0 Å². The fourth-order valence-electron chi connectivity index (χ4n) is 3.32. The van der Waals surface area contributed by atoms with Crippen molar-refractivity contribution in [2.75, 3.05) is 7.11 Å². The lowest BCUT2D eigenvalue weighted by Crippen LogP contribution is -2.24. The van der Waals surface area contributed by atoms with Crippen LogP contribution in [0.3, 0.4) is 0 Å². The van der Waals surface area contributed by atoms with Crippen molar-refractivity contribution in [2.24, 2.45) is 0 Å². The molecule has 0 fully saturated rings. The highest BCUT2D eigenvalue weighted by Gasteiger charge is 2.36. The summed E-state index contributed by atoms with van der Waals surface area (Å²) in [7, 11) is 1.39. The van der Waals surface area contributed by atoms with Gasteiger partial charge in [-0.3, -0.25) is 9.59 Å². The molecule has 0 bridgehead atoms. The molecular weight excluding hydrogens is 336 g/mol. The summed E-state index contributed by atoms with van der Waals surface area (Å²) < 4.78 is 5.19. The number of rotatable bonds is 5. The fourth-order valence-corrected chi connectivity index (χ4v) is 3.32. The number of fused-ring (bicyclic) bond motifs is 2. The number of phenolic OH excluding ortho intramolecular Hbond substituents is 1. The van der Waals surface area contributed by atoms with Crippen molar-refractivity contribution in [1.29, 1.82) is 0 Å². The largest absolute Gasteiger partial charge is 0.507 e. The fraction of sp³-hybridized carbons (Fsp3) is 0.300. The van der Waals surface area contributed by atoms with Crippen LogP contribution in [0.4, 0.5) is 0 Å². The van der Waals surface area contributed by atoms with E-state index in [1.165, 1.54) is 25.3 Å². The minimum atomic E-state index is -1.36. The number of benzene rings is 2. The minimum absolute atomic E-state index is 0.0178. The van der Waals surface area contributed by atoms with Gasteiger partial charge >= 0.3 is 0 Å². The predicted octanol–water partition coefficient (Wildman–Crippen LogP) is 2.37. The van der Waals surface area contributed by atoms with E-state index in [9.17, 15) is 24.9 Å². The second-order valence-electron chi connectivity index (χ2n) is 6.27. The summed E-state index contributed by atoms with van der Waals surface area (Å²) in [5.41, 5.74) is 0.203. The number of ketones is 2. The molecule has 0 saturated carbocycles. The Kier molecular flexibility index (Phi) is 4.80. The van der Waals surface area contributed by atoms with E-state index in [1.807, 2.05) is 6.92 Å². The number of phenols is 1. The Balaban J connectivity index is 2.16. The standard InChI is InChI=1S/C20H20O6/c1-3-5-13(21)18(23)12-9-8-11-16(19(12)24)20(25)15-10(17(11)22)6-4-7-14(15)26-2/h4,6-9,13,18,21,23-24H,3,5H2,1-2H3/t13?,18-/m0/s1. The molecule has 3 rings (SSSR count). The van der Waals surface area contributed by atoms with Gasteiger partial charge in [0, 0.05) is 16.7 Å². The van der Waals surface area contributed by atoms with Gasteiger partial charge in [-0.05, 0) is 18.6 Å². The number of ether oxygens (including phenoxy) is 1. The first-order valence-corrected chi connectivity index (χ1v) is 8.40. The van der Waals surface area contributed by atoms with Crippen LogP contribution in [0.15, 0.2) is 30.3 Å². The molecule has 0 radical (unpaired) electrons. The van der Waals surface area contributed by atoms with Gasteiger partial charge in [-0.15, -0.1) is 0 Å². The summed E-state index contributed by atoms with van der Waals surface area (Å²) in [6, 6.07) is 7.48. The zero-order chi connectivity index (χ0) is 19.0. The van der Waals surface area contributed by atoms with E-state index in [0.29, 0.717) is 12.8 Å². The molecule has 0 saturated heterocycles. The molecule has 136 valence electrons. The summed E-state index contributed by atoms with van der Waals surface area (Å²) in [6.45, 7) is 1.86. The Morgan fingerprint density at radius 1 is 1.00 bits per heavy atom. The topological polar surface area (TPSA) is 104 Å². The molecular formula is C20H20O6. The van der Waals surface area contributed by atoms with Crippen molar-refractivity contribution < 1.29 is 29.6 Å². The minimum Gasteiger partial charge on any atom is -0.507 e. The number of hydrogen-bond donors (Lipinski definition) is 3. The van der Waals surface area contributed by atoms with Gasteiger partial charge in [-0.1, -0.05) is 31.5 Å². The molecule has 2 aromatic rings. The van der Waals surface area contributed by atoms with Crippen LogP contribution in [-0.2, 0) is 0 Å². The smallest absolute Gasteiger partial charge is 0.201 e. The number of carbonyl (C=O) groups excluding carboxylic acids is 2. The molecule has 26 heavy (non-hydrogen) atoms. The highest BCUT2D eigenvalue weighted by atomic mass is 16.5. The van der Waals surface area contributed by atoms with Crippen LogP contribution in [0, 0.1) is 0 Å². The van der Waals surface area contributed by atoms with Crippen LogP contribution >= 0.6 is 0 Å². The quantitative estimate of drug-likeness (QED) is 0.648. The molecule has 0 heterocycles. The zero-order valence-electron chi connectivity index (χ0n) is 14.5. The SMILES string of the molecule is CCCC(O)[C@@H](O)c1ccc2c(c1O)C(=O)c1c(OC)cccc1C2=O. The molecule has 0 aliphatic heterocycles. The number of aliphatic hydroxyl groups is 2. The molecule has 1 aliphatic rings. The molecule has 1 aliphatic carbocycles. The van der Waals surface area contributed by atoms with Crippen molar-refractivity contribution >= 4 is 11.6 Å². The average molecular weight is 356 g/mol. The maximum Gasteiger partial charge on any atom is 0.201 e. The third kappa shape index (κ3) is 2.67. The van der Waals surface area contributed by atoms with Crippen LogP contribution in [0.2, 0.25) is 0 Å². The Morgan fingerprint density at radius 3 is 2.35 bits per heavy atom. The molecule has 1 unspecified atom stereocenters. The molecule has 0 amide bonds. The van der Waals surface area contributed by atoms with Crippen LogP contribution in [-0.4, -0.2) is 40.1 Å². The van der Waals surface area contributed by atoms with Gasteiger partial charge in [-0.25, -0.2) is 0 Å². The van der Waals surface area contributed by atoms with Crippen molar-refractivity contribution in [3.63, 3.8) is 0 Å². The van der Waals surface area contributed by atoms with E-state index < -0.39 is 29.5 Å². The van der Waals surface area contributed by atoms with Gasteiger partial charge in [0.2, 0.25) is 5.78 Å². The lowest BCUT2D eigenvalue weighted by atomic mass is 9.81. The monoisotopic (exact) mass is 356 g/mol. The Labute approximate surface area is 150 Å². The van der Waals surface area contributed by atoms with E-state index in [0.717, 1.165) is 0 Å². The first-order chi connectivity index (χ1) is 12.4. The lowest BCUT2D eigenvalue weighted by molar-refractivity contribution is 0.0117. The van der Waals surface area contributed by atoms with Crippen LogP contribution in [0.1, 0.15) is 63.3 Å². The van der Waals surface area contributed by atoms with Crippen LogP contribution < -0.4 is 4.74 Å². The summed E-state index contributed by atoms with van der Waals surface area (Å²) in [5.74, 6) is -1.20. The third-order valence-electron chi connectivity index (χ3n) is 4.67. The first kappa shape index (κ1) is 18.1. The van der Waals surface area contributed by atoms with E-state index in [2.05, 4.69) is 0 Å². The second kappa shape index (κ2) is 6.90. The van der Waals surface area contributed by atoms with Gasteiger partial charge in [0.05, 0.1) is 24.3 Å². The molecule has 6 heteroatoms. The number of aliphatic hydroxyl groups excluding tert-OH is 2. The summed E-state index contributed by atoms with van der Waals surface area (Å²) in [6.07, 6.45) is -1.46. The van der Waals surface area contributed by atoms with Crippen molar-refractivity contribution in [1.82, 2.24) is 0 Å². The van der Waals surface area contributed by atoms with Crippen molar-refractivity contribution in [2.45, 2.75) is 32.0 Å². The highest BCUT2D eigenvalue weighted by molar-refractivity contribution is 6.30. The number of aromatic hydroxyl groups is 1. The molecule has 2 atom stereocenters. The van der Waals surface area contributed by atoms with Crippen molar-refractivity contribution in [3.05, 3.63) is 58.1 Å². The predicted molar refractivity (Wildman–Crippen MR) is 93.8 cm³/mol. The second-order valence-corrected chi connectivity index (χ2v) is 6.27.